The second-order valence-electron chi connectivity index (χ2n) is 9.32. The van der Waals surface area contributed by atoms with E-state index in [2.05, 4.69) is 26.3 Å². The van der Waals surface area contributed by atoms with Crippen LogP contribution >= 0.6 is 11.3 Å². The number of thiazole rings is 1. The summed E-state index contributed by atoms with van der Waals surface area (Å²) >= 11 is 1.45. The monoisotopic (exact) mass is 482 g/mol. The molecule has 0 amide bonds. The third-order valence-corrected chi connectivity index (χ3v) is 7.28. The lowest BCUT2D eigenvalue weighted by Gasteiger charge is -2.37. The number of carboxylic acid groups (broad SMARTS) is 1. The average Bonchev–Trinajstić information content (AvgIpc) is 3.24. The zero-order valence-corrected chi connectivity index (χ0v) is 20.6. The van der Waals surface area contributed by atoms with Gasteiger partial charge in [0.25, 0.3) is 0 Å². The molecule has 1 aliphatic carbocycles. The number of ether oxygens (including phenoxy) is 1. The summed E-state index contributed by atoms with van der Waals surface area (Å²) in [4.78, 5) is 25.6. The van der Waals surface area contributed by atoms with Crippen LogP contribution in [0.5, 0.6) is 5.88 Å². The minimum atomic E-state index is -1.09. The van der Waals surface area contributed by atoms with Gasteiger partial charge in [-0.2, -0.15) is 4.98 Å². The number of aromatic nitrogens is 3. The third kappa shape index (κ3) is 5.37. The molecule has 0 spiro atoms. The van der Waals surface area contributed by atoms with Crippen molar-refractivity contribution >= 4 is 28.9 Å². The first-order valence-corrected chi connectivity index (χ1v) is 12.2. The van der Waals surface area contributed by atoms with Crippen molar-refractivity contribution in [1.82, 2.24) is 15.0 Å². The molecular formula is C25H30N4O4S. The second-order valence-corrected chi connectivity index (χ2v) is 10.4. The number of nitrogens with one attached hydrogen (secondary N) is 1. The van der Waals surface area contributed by atoms with Gasteiger partial charge in [-0.05, 0) is 69.2 Å². The summed E-state index contributed by atoms with van der Waals surface area (Å²) in [5.41, 5.74) is 1.76. The summed E-state index contributed by atoms with van der Waals surface area (Å²) in [6.07, 6.45) is 4.68. The third-order valence-electron chi connectivity index (χ3n) is 6.04. The van der Waals surface area contributed by atoms with Gasteiger partial charge >= 0.3 is 5.97 Å². The van der Waals surface area contributed by atoms with Crippen molar-refractivity contribution in [2.45, 2.75) is 58.7 Å². The first-order chi connectivity index (χ1) is 16.1. The minimum Gasteiger partial charge on any atom is -0.481 e. The predicted molar refractivity (Wildman–Crippen MR) is 131 cm³/mol. The van der Waals surface area contributed by atoms with Crippen molar-refractivity contribution in [2.24, 2.45) is 11.8 Å². The number of aliphatic hydroxyl groups is 1. The fourth-order valence-electron chi connectivity index (χ4n) is 4.48. The number of aliphatic carboxylic acids is 1. The maximum Gasteiger partial charge on any atom is 0.306 e. The largest absolute Gasteiger partial charge is 0.481 e. The Morgan fingerprint density at radius 2 is 2.09 bits per heavy atom. The highest BCUT2D eigenvalue weighted by Crippen LogP contribution is 2.45. The van der Waals surface area contributed by atoms with E-state index in [1.165, 1.54) is 11.3 Å². The van der Waals surface area contributed by atoms with Gasteiger partial charge in [-0.15, -0.1) is 11.3 Å². The number of aryl methyl sites for hydroxylation is 1. The fraction of sp³-hybridized carbons (Fsp3) is 0.440. The predicted octanol–water partition coefficient (Wildman–Crippen LogP) is 5.15. The van der Waals surface area contributed by atoms with E-state index in [1.54, 1.807) is 18.5 Å². The zero-order valence-electron chi connectivity index (χ0n) is 19.8. The van der Waals surface area contributed by atoms with E-state index >= 15 is 0 Å². The number of rotatable bonds is 7. The van der Waals surface area contributed by atoms with Crippen molar-refractivity contribution < 1.29 is 19.7 Å². The number of hydrogen-bond donors (Lipinski definition) is 3. The van der Waals surface area contributed by atoms with Crippen molar-refractivity contribution in [3.63, 3.8) is 0 Å². The summed E-state index contributed by atoms with van der Waals surface area (Å²) in [5.74, 6) is -0.379. The molecule has 180 valence electrons. The molecule has 3 atom stereocenters. The van der Waals surface area contributed by atoms with E-state index in [-0.39, 0.29) is 12.0 Å². The number of anilines is 2. The summed E-state index contributed by atoms with van der Waals surface area (Å²) in [7, 11) is 0. The first-order valence-electron chi connectivity index (χ1n) is 11.4. The minimum absolute atomic E-state index is 0.0193. The van der Waals surface area contributed by atoms with Crippen LogP contribution in [-0.4, -0.2) is 37.2 Å². The molecule has 3 N–H and O–H groups in total. The van der Waals surface area contributed by atoms with E-state index in [4.69, 9.17) is 4.74 Å². The van der Waals surface area contributed by atoms with E-state index in [1.807, 2.05) is 39.8 Å². The summed E-state index contributed by atoms with van der Waals surface area (Å²) < 4.78 is 5.65. The van der Waals surface area contributed by atoms with Crippen LogP contribution in [0.2, 0.25) is 0 Å². The number of benzene rings is 1. The van der Waals surface area contributed by atoms with Crippen LogP contribution in [0.1, 0.15) is 50.6 Å². The number of hydrogen-bond acceptors (Lipinski definition) is 8. The molecule has 4 rings (SSSR count). The van der Waals surface area contributed by atoms with Gasteiger partial charge in [0.2, 0.25) is 11.8 Å². The van der Waals surface area contributed by atoms with Gasteiger partial charge in [0.05, 0.1) is 16.9 Å². The second kappa shape index (κ2) is 9.68. The molecule has 1 aliphatic rings. The standard InChI is InChI=1S/C25H30N4O4S/c1-14(2)33-21-6-8-26-24(29-21)28-18-10-15(3)9-17(11-18)20-13-27-23(34-20)25(32)7-5-19(22(30)31)16(4)12-25/h6,8-11,13-14,16,19,32H,5,7,12H2,1-4H3,(H,30,31)(H,26,28,29). The van der Waals surface area contributed by atoms with Gasteiger partial charge in [-0.25, -0.2) is 9.97 Å². The quantitative estimate of drug-likeness (QED) is 0.423. The Labute approximate surface area is 203 Å². The van der Waals surface area contributed by atoms with Gasteiger partial charge in [0.1, 0.15) is 10.6 Å². The van der Waals surface area contributed by atoms with Gasteiger partial charge < -0.3 is 20.3 Å². The SMILES string of the molecule is Cc1cc(Nc2nccc(OC(C)C)n2)cc(-c2cnc(C3(O)CCC(C(=O)O)C(C)C3)s2)c1. The normalized spacial score (nSPS) is 22.5. The number of carboxylic acids is 1. The molecule has 0 radical (unpaired) electrons. The Hall–Kier alpha value is -3.04. The highest BCUT2D eigenvalue weighted by Gasteiger charge is 2.43. The summed E-state index contributed by atoms with van der Waals surface area (Å²) in [6, 6.07) is 7.79. The van der Waals surface area contributed by atoms with Crippen molar-refractivity contribution in [3.8, 4) is 16.3 Å². The highest BCUT2D eigenvalue weighted by atomic mass is 32.1. The Balaban J connectivity index is 1.55. The van der Waals surface area contributed by atoms with Crippen LogP contribution in [0.15, 0.2) is 36.7 Å². The number of carbonyl (C=O) groups is 1. The molecule has 1 fully saturated rings. The van der Waals surface area contributed by atoms with Crippen LogP contribution in [-0.2, 0) is 10.4 Å². The Morgan fingerprint density at radius 1 is 1.29 bits per heavy atom. The van der Waals surface area contributed by atoms with Crippen molar-refractivity contribution in [2.75, 3.05) is 5.32 Å². The van der Waals surface area contributed by atoms with Gasteiger partial charge in [-0.3, -0.25) is 4.79 Å². The van der Waals surface area contributed by atoms with E-state index in [0.717, 1.165) is 21.7 Å². The molecular weight excluding hydrogens is 452 g/mol. The van der Waals surface area contributed by atoms with Crippen LogP contribution in [0.25, 0.3) is 10.4 Å². The molecule has 0 bridgehead atoms. The molecule has 1 aromatic carbocycles. The first kappa shape index (κ1) is 24.1. The Kier molecular flexibility index (Phi) is 6.86. The molecule has 3 unspecified atom stereocenters. The molecule has 8 nitrogen and oxygen atoms in total. The summed E-state index contributed by atoms with van der Waals surface area (Å²) in [5, 5.41) is 24.6. The van der Waals surface area contributed by atoms with Crippen LogP contribution < -0.4 is 10.1 Å². The maximum absolute atomic E-state index is 11.4. The van der Waals surface area contributed by atoms with Gasteiger partial charge in [0, 0.05) is 24.1 Å². The van der Waals surface area contributed by atoms with Crippen LogP contribution in [0, 0.1) is 18.8 Å². The molecule has 2 heterocycles. The lowest BCUT2D eigenvalue weighted by Crippen LogP contribution is -2.38. The van der Waals surface area contributed by atoms with Crippen molar-refractivity contribution in [3.05, 3.63) is 47.2 Å². The molecule has 0 aliphatic heterocycles. The maximum atomic E-state index is 11.4. The molecule has 1 saturated carbocycles. The van der Waals surface area contributed by atoms with E-state index in [9.17, 15) is 15.0 Å². The Morgan fingerprint density at radius 3 is 2.79 bits per heavy atom. The lowest BCUT2D eigenvalue weighted by atomic mass is 9.72. The smallest absolute Gasteiger partial charge is 0.306 e. The highest BCUT2D eigenvalue weighted by molar-refractivity contribution is 7.15. The number of nitrogens with zero attached hydrogens (tertiary/aromatic N) is 3. The zero-order chi connectivity index (χ0) is 24.5. The van der Waals surface area contributed by atoms with Crippen LogP contribution in [0.4, 0.5) is 11.6 Å². The fourth-order valence-corrected chi connectivity index (χ4v) is 5.51. The van der Waals surface area contributed by atoms with E-state index < -0.39 is 17.5 Å². The molecule has 3 aromatic rings. The summed E-state index contributed by atoms with van der Waals surface area (Å²) in [6.45, 7) is 7.79. The van der Waals surface area contributed by atoms with Crippen LogP contribution in [0.3, 0.4) is 0 Å². The molecule has 2 aromatic heterocycles. The van der Waals surface area contributed by atoms with Gasteiger partial charge in [0.15, 0.2) is 0 Å². The average molecular weight is 483 g/mol. The Bertz CT molecular complexity index is 1180. The van der Waals surface area contributed by atoms with E-state index in [0.29, 0.717) is 36.1 Å². The molecule has 9 heteroatoms. The molecule has 34 heavy (non-hydrogen) atoms. The topological polar surface area (TPSA) is 117 Å². The lowest BCUT2D eigenvalue weighted by molar-refractivity contribution is -0.148. The molecule has 0 saturated heterocycles. The van der Waals surface area contributed by atoms with Gasteiger partial charge in [-0.1, -0.05) is 13.0 Å². The van der Waals surface area contributed by atoms with Crippen molar-refractivity contribution in [1.29, 1.82) is 0 Å².